The van der Waals surface area contributed by atoms with Gasteiger partial charge in [-0.25, -0.2) is 0 Å². The first-order valence-corrected chi connectivity index (χ1v) is 20.2. The summed E-state index contributed by atoms with van der Waals surface area (Å²) in [5.41, 5.74) is 18.8. The van der Waals surface area contributed by atoms with Gasteiger partial charge in [-0.2, -0.15) is 0 Å². The van der Waals surface area contributed by atoms with Crippen LogP contribution in [0.25, 0.3) is 33.4 Å². The zero-order valence-corrected chi connectivity index (χ0v) is 29.9. The van der Waals surface area contributed by atoms with Crippen LogP contribution in [0.3, 0.4) is 0 Å². The molecule has 13 rings (SSSR count). The average Bonchev–Trinajstić information content (AvgIpc) is 3.87. The Morgan fingerprint density at radius 3 is 1.73 bits per heavy atom. The molecule has 5 saturated carbocycles. The van der Waals surface area contributed by atoms with E-state index in [0.717, 1.165) is 23.7 Å². The second kappa shape index (κ2) is 10.8. The summed E-state index contributed by atoms with van der Waals surface area (Å²) in [5, 5.41) is 0. The Bertz CT molecular complexity index is 2360. The summed E-state index contributed by atoms with van der Waals surface area (Å²) in [5.74, 6) is 3.34. The molecule has 0 atom stereocenters. The second-order valence-electron chi connectivity index (χ2n) is 17.2. The molecule has 4 bridgehead atoms. The summed E-state index contributed by atoms with van der Waals surface area (Å²) < 4.78 is 0. The van der Waals surface area contributed by atoms with Gasteiger partial charge >= 0.3 is 0 Å². The summed E-state index contributed by atoms with van der Waals surface area (Å²) in [6.07, 6.45) is 12.2. The van der Waals surface area contributed by atoms with E-state index >= 15 is 0 Å². The normalized spacial score (nSPS) is 26.4. The van der Waals surface area contributed by atoms with Crippen molar-refractivity contribution in [2.24, 2.45) is 23.7 Å². The molecule has 52 heavy (non-hydrogen) atoms. The molecule has 0 aliphatic heterocycles. The number of fused-ring (bicyclic) bond motifs is 8. The van der Waals surface area contributed by atoms with E-state index in [9.17, 15) is 0 Å². The third-order valence-electron chi connectivity index (χ3n) is 15.0. The molecule has 7 aliphatic rings. The summed E-state index contributed by atoms with van der Waals surface area (Å²) in [6.45, 7) is 0. The molecule has 0 N–H and O–H groups in total. The predicted octanol–water partition coefficient (Wildman–Crippen LogP) is 13.4. The van der Waals surface area contributed by atoms with Crippen LogP contribution in [0.15, 0.2) is 140 Å². The number of hydrogen-bond acceptors (Lipinski definition) is 1. The maximum absolute atomic E-state index is 2.67. The molecule has 1 heteroatoms. The van der Waals surface area contributed by atoms with E-state index in [1.54, 1.807) is 22.3 Å². The van der Waals surface area contributed by atoms with Crippen molar-refractivity contribution >= 4 is 17.1 Å². The molecule has 0 unspecified atom stereocenters. The second-order valence-corrected chi connectivity index (χ2v) is 17.2. The Morgan fingerprint density at radius 1 is 0.423 bits per heavy atom. The van der Waals surface area contributed by atoms with Gasteiger partial charge in [0.1, 0.15) is 0 Å². The van der Waals surface area contributed by atoms with E-state index in [4.69, 9.17) is 0 Å². The predicted molar refractivity (Wildman–Crippen MR) is 215 cm³/mol. The van der Waals surface area contributed by atoms with Crippen LogP contribution >= 0.6 is 0 Å². The molecule has 2 spiro atoms. The fourth-order valence-corrected chi connectivity index (χ4v) is 13.3. The molecular formula is C51H45N. The first-order valence-electron chi connectivity index (χ1n) is 20.2. The standard InChI is InChI=1S/C51H45N/c1-2-12-35(13-3-1)40-14-6-9-19-49(40)52(38-21-23-46-44(31-38)42-16-4-7-17-45(42)50(46)24-10-11-25-50)39-20-22-43-41-15-5-8-18-47(41)51(48(43)32-39)36-27-33-26-34(29-36)30-37(51)28-33/h1-9,12-23,31-34,36-37H,10-11,24-30H2. The van der Waals surface area contributed by atoms with Gasteiger partial charge in [0.15, 0.2) is 0 Å². The van der Waals surface area contributed by atoms with Gasteiger partial charge in [0.2, 0.25) is 0 Å². The Balaban J connectivity index is 1.10. The Morgan fingerprint density at radius 2 is 0.981 bits per heavy atom. The van der Waals surface area contributed by atoms with Crippen LogP contribution in [0.2, 0.25) is 0 Å². The maximum atomic E-state index is 2.67. The van der Waals surface area contributed by atoms with Crippen molar-refractivity contribution in [3.63, 3.8) is 0 Å². The fraction of sp³-hybridized carbons (Fsp3) is 0.294. The molecule has 7 aliphatic carbocycles. The van der Waals surface area contributed by atoms with E-state index in [-0.39, 0.29) is 10.8 Å². The number of anilines is 3. The summed E-state index contributed by atoms with van der Waals surface area (Å²) >= 11 is 0. The highest BCUT2D eigenvalue weighted by atomic mass is 15.1. The maximum Gasteiger partial charge on any atom is 0.0540 e. The molecule has 6 aromatic rings. The van der Waals surface area contributed by atoms with Gasteiger partial charge in [0, 0.05) is 27.8 Å². The SMILES string of the molecule is c1ccc(-c2ccccc2N(c2ccc3c(c2)-c2ccccc2C32CCCC2)c2ccc3c(c2)C2(c4ccccc4-3)C3CC4CC(C3)CC2C4)cc1. The number of rotatable bonds is 4. The van der Waals surface area contributed by atoms with E-state index < -0.39 is 0 Å². The van der Waals surface area contributed by atoms with E-state index in [1.807, 2.05) is 0 Å². The van der Waals surface area contributed by atoms with Crippen molar-refractivity contribution < 1.29 is 0 Å². The van der Waals surface area contributed by atoms with Gasteiger partial charge in [0.25, 0.3) is 0 Å². The van der Waals surface area contributed by atoms with Crippen molar-refractivity contribution in [2.45, 2.75) is 68.6 Å². The quantitative estimate of drug-likeness (QED) is 0.180. The van der Waals surface area contributed by atoms with Crippen LogP contribution in [0.5, 0.6) is 0 Å². The molecule has 5 fully saturated rings. The van der Waals surface area contributed by atoms with Gasteiger partial charge < -0.3 is 4.90 Å². The van der Waals surface area contributed by atoms with Crippen LogP contribution in [0.1, 0.15) is 80.0 Å². The Kier molecular flexibility index (Phi) is 6.18. The smallest absolute Gasteiger partial charge is 0.0540 e. The van der Waals surface area contributed by atoms with Crippen LogP contribution < -0.4 is 4.90 Å². The van der Waals surface area contributed by atoms with Gasteiger partial charge in [0.05, 0.1) is 5.69 Å². The summed E-state index contributed by atoms with van der Waals surface area (Å²) in [4.78, 5) is 2.61. The number of para-hydroxylation sites is 1. The van der Waals surface area contributed by atoms with E-state index in [2.05, 4.69) is 144 Å². The first kappa shape index (κ1) is 29.7. The van der Waals surface area contributed by atoms with Gasteiger partial charge in [-0.05, 0) is 149 Å². The third-order valence-corrected chi connectivity index (χ3v) is 15.0. The molecule has 0 saturated heterocycles. The van der Waals surface area contributed by atoms with Crippen LogP contribution in [0, 0.1) is 23.7 Å². The third kappa shape index (κ3) is 3.85. The molecule has 0 amide bonds. The minimum atomic E-state index is 0.131. The summed E-state index contributed by atoms with van der Waals surface area (Å²) in [6, 6.07) is 54.1. The Labute approximate surface area is 308 Å². The van der Waals surface area contributed by atoms with Crippen LogP contribution in [-0.2, 0) is 10.8 Å². The molecule has 254 valence electrons. The highest BCUT2D eigenvalue weighted by Crippen LogP contribution is 2.70. The first-order chi connectivity index (χ1) is 25.7. The molecule has 1 nitrogen and oxygen atoms in total. The van der Waals surface area contributed by atoms with Gasteiger partial charge in [-0.1, -0.05) is 122 Å². The van der Waals surface area contributed by atoms with Crippen molar-refractivity contribution in [3.8, 4) is 33.4 Å². The molecule has 0 heterocycles. The monoisotopic (exact) mass is 671 g/mol. The van der Waals surface area contributed by atoms with Gasteiger partial charge in [-0.15, -0.1) is 0 Å². The fourth-order valence-electron chi connectivity index (χ4n) is 13.3. The van der Waals surface area contributed by atoms with Crippen molar-refractivity contribution in [1.82, 2.24) is 0 Å². The molecule has 0 radical (unpaired) electrons. The molecule has 6 aromatic carbocycles. The highest BCUT2D eigenvalue weighted by molar-refractivity contribution is 5.93. The molecular weight excluding hydrogens is 627 g/mol. The van der Waals surface area contributed by atoms with Crippen molar-refractivity contribution in [3.05, 3.63) is 162 Å². The number of hydrogen-bond donors (Lipinski definition) is 0. The largest absolute Gasteiger partial charge is 0.310 e. The number of nitrogens with zero attached hydrogens (tertiary/aromatic N) is 1. The lowest BCUT2D eigenvalue weighted by atomic mass is 9.43. The minimum Gasteiger partial charge on any atom is -0.310 e. The van der Waals surface area contributed by atoms with Crippen molar-refractivity contribution in [1.29, 1.82) is 0 Å². The average molecular weight is 672 g/mol. The zero-order valence-electron chi connectivity index (χ0n) is 29.9. The van der Waals surface area contributed by atoms with Gasteiger partial charge in [-0.3, -0.25) is 0 Å². The van der Waals surface area contributed by atoms with E-state index in [0.29, 0.717) is 0 Å². The van der Waals surface area contributed by atoms with E-state index in [1.165, 1.54) is 108 Å². The lowest BCUT2D eigenvalue weighted by Crippen LogP contribution is -2.55. The zero-order chi connectivity index (χ0) is 34.0. The number of benzene rings is 6. The topological polar surface area (TPSA) is 3.24 Å². The van der Waals surface area contributed by atoms with Crippen LogP contribution in [0.4, 0.5) is 17.1 Å². The highest BCUT2D eigenvalue weighted by Gasteiger charge is 2.61. The van der Waals surface area contributed by atoms with Crippen molar-refractivity contribution in [2.75, 3.05) is 4.90 Å². The van der Waals surface area contributed by atoms with Crippen LogP contribution in [-0.4, -0.2) is 0 Å². The lowest BCUT2D eigenvalue weighted by molar-refractivity contribution is -0.0399. The Hall–Kier alpha value is -4.88. The molecule has 0 aromatic heterocycles. The lowest BCUT2D eigenvalue weighted by Gasteiger charge is -2.61. The summed E-state index contributed by atoms with van der Waals surface area (Å²) in [7, 11) is 0. The minimum absolute atomic E-state index is 0.131.